The zero-order valence-electron chi connectivity index (χ0n) is 13.6. The van der Waals surface area contributed by atoms with Crippen molar-refractivity contribution < 1.29 is 4.74 Å². The van der Waals surface area contributed by atoms with Gasteiger partial charge in [-0.3, -0.25) is 4.90 Å². The number of ether oxygens (including phenoxy) is 1. The van der Waals surface area contributed by atoms with Crippen molar-refractivity contribution in [3.8, 4) is 5.75 Å². The molecule has 3 heteroatoms. The van der Waals surface area contributed by atoms with Crippen molar-refractivity contribution in [3.05, 3.63) is 29.8 Å². The zero-order chi connectivity index (χ0) is 15.1. The highest BCUT2D eigenvalue weighted by molar-refractivity contribution is 5.29. The average Bonchev–Trinajstić information content (AvgIpc) is 2.55. The predicted octanol–water partition coefficient (Wildman–Crippen LogP) is 3.74. The summed E-state index contributed by atoms with van der Waals surface area (Å²) in [7, 11) is 2.23. The molecule has 0 radical (unpaired) electrons. The van der Waals surface area contributed by atoms with E-state index in [4.69, 9.17) is 10.5 Å². The molecule has 0 aromatic heterocycles. The molecule has 2 N–H and O–H groups in total. The molecule has 0 amide bonds. The van der Waals surface area contributed by atoms with Crippen LogP contribution in [-0.2, 0) is 0 Å². The highest BCUT2D eigenvalue weighted by Gasteiger charge is 2.24. The van der Waals surface area contributed by atoms with Crippen LogP contribution in [0.3, 0.4) is 0 Å². The summed E-state index contributed by atoms with van der Waals surface area (Å²) in [6, 6.07) is 9.48. The third-order valence-electron chi connectivity index (χ3n) is 4.60. The second-order valence-electron chi connectivity index (χ2n) is 6.13. The SMILES string of the molecule is CCCOc1ccc(C(CN)N(C)C2CCCCC2)cc1. The number of likely N-dealkylation sites (N-methyl/N-ethyl adjacent to an activating group) is 1. The van der Waals surface area contributed by atoms with Crippen molar-refractivity contribution in [1.82, 2.24) is 4.90 Å². The smallest absolute Gasteiger partial charge is 0.119 e. The van der Waals surface area contributed by atoms with Gasteiger partial charge in [0.2, 0.25) is 0 Å². The van der Waals surface area contributed by atoms with E-state index in [0.717, 1.165) is 18.8 Å². The summed E-state index contributed by atoms with van der Waals surface area (Å²) in [5.41, 5.74) is 7.36. The van der Waals surface area contributed by atoms with Gasteiger partial charge in [-0.2, -0.15) is 0 Å². The van der Waals surface area contributed by atoms with Crippen LogP contribution in [0.2, 0.25) is 0 Å². The van der Waals surface area contributed by atoms with Gasteiger partial charge in [0.25, 0.3) is 0 Å². The van der Waals surface area contributed by atoms with Crippen LogP contribution in [-0.4, -0.2) is 31.1 Å². The molecular weight excluding hydrogens is 260 g/mol. The summed E-state index contributed by atoms with van der Waals surface area (Å²) in [6.45, 7) is 3.57. The number of hydrogen-bond acceptors (Lipinski definition) is 3. The standard InChI is InChI=1S/C18H30N2O/c1-3-13-21-17-11-9-15(10-12-17)18(14-19)20(2)16-7-5-4-6-8-16/h9-12,16,18H,3-8,13-14,19H2,1-2H3. The van der Waals surface area contributed by atoms with Gasteiger partial charge in [0, 0.05) is 18.6 Å². The highest BCUT2D eigenvalue weighted by atomic mass is 16.5. The van der Waals surface area contributed by atoms with Crippen LogP contribution >= 0.6 is 0 Å². The van der Waals surface area contributed by atoms with E-state index >= 15 is 0 Å². The summed E-state index contributed by atoms with van der Waals surface area (Å²) in [5.74, 6) is 0.955. The van der Waals surface area contributed by atoms with E-state index in [0.29, 0.717) is 18.6 Å². The Bertz CT molecular complexity index is 398. The molecule has 1 aliphatic carbocycles. The Balaban J connectivity index is 2.01. The minimum atomic E-state index is 0.313. The van der Waals surface area contributed by atoms with E-state index in [1.54, 1.807) is 0 Å². The lowest BCUT2D eigenvalue weighted by Crippen LogP contribution is -2.39. The summed E-state index contributed by atoms with van der Waals surface area (Å²) < 4.78 is 5.66. The lowest BCUT2D eigenvalue weighted by Gasteiger charge is -2.37. The Kier molecular flexibility index (Phi) is 6.52. The molecule has 1 unspecified atom stereocenters. The van der Waals surface area contributed by atoms with Crippen LogP contribution in [0.25, 0.3) is 0 Å². The van der Waals surface area contributed by atoms with E-state index in [2.05, 4.69) is 43.1 Å². The molecule has 0 spiro atoms. The van der Waals surface area contributed by atoms with E-state index in [1.165, 1.54) is 37.7 Å². The maximum atomic E-state index is 6.06. The number of nitrogens with two attached hydrogens (primary N) is 1. The van der Waals surface area contributed by atoms with Crippen molar-refractivity contribution in [2.45, 2.75) is 57.5 Å². The van der Waals surface area contributed by atoms with Crippen LogP contribution in [0.15, 0.2) is 24.3 Å². The number of hydrogen-bond donors (Lipinski definition) is 1. The fraction of sp³-hybridized carbons (Fsp3) is 0.667. The molecule has 0 aliphatic heterocycles. The Hall–Kier alpha value is -1.06. The monoisotopic (exact) mass is 290 g/mol. The molecule has 21 heavy (non-hydrogen) atoms. The van der Waals surface area contributed by atoms with E-state index < -0.39 is 0 Å². The van der Waals surface area contributed by atoms with Crippen molar-refractivity contribution in [3.63, 3.8) is 0 Å². The molecule has 0 heterocycles. The Morgan fingerprint density at radius 1 is 1.19 bits per heavy atom. The molecule has 1 aromatic carbocycles. The van der Waals surface area contributed by atoms with Gasteiger partial charge in [-0.25, -0.2) is 0 Å². The normalized spacial score (nSPS) is 17.9. The van der Waals surface area contributed by atoms with E-state index in [-0.39, 0.29) is 0 Å². The number of nitrogens with zero attached hydrogens (tertiary/aromatic N) is 1. The highest BCUT2D eigenvalue weighted by Crippen LogP contribution is 2.29. The topological polar surface area (TPSA) is 38.5 Å². The first-order chi connectivity index (χ1) is 10.3. The van der Waals surface area contributed by atoms with Gasteiger partial charge < -0.3 is 10.5 Å². The number of rotatable bonds is 7. The molecular formula is C18H30N2O. The molecule has 1 aromatic rings. The van der Waals surface area contributed by atoms with Crippen molar-refractivity contribution in [2.75, 3.05) is 20.2 Å². The second kappa shape index (κ2) is 8.40. The van der Waals surface area contributed by atoms with Gasteiger partial charge in [-0.05, 0) is 44.0 Å². The minimum Gasteiger partial charge on any atom is -0.494 e. The molecule has 118 valence electrons. The molecule has 3 nitrogen and oxygen atoms in total. The van der Waals surface area contributed by atoms with Crippen LogP contribution in [0.4, 0.5) is 0 Å². The predicted molar refractivity (Wildman–Crippen MR) is 88.7 cm³/mol. The fourth-order valence-electron chi connectivity index (χ4n) is 3.29. The van der Waals surface area contributed by atoms with Crippen LogP contribution in [0, 0.1) is 0 Å². The van der Waals surface area contributed by atoms with Gasteiger partial charge in [0.1, 0.15) is 5.75 Å². The first-order valence-electron chi connectivity index (χ1n) is 8.41. The lowest BCUT2D eigenvalue weighted by molar-refractivity contribution is 0.140. The van der Waals surface area contributed by atoms with Gasteiger partial charge in [0.15, 0.2) is 0 Å². The molecule has 1 aliphatic rings. The summed E-state index contributed by atoms with van der Waals surface area (Å²) in [6.07, 6.45) is 7.76. The first kappa shape index (κ1) is 16.3. The molecule has 1 saturated carbocycles. The minimum absolute atomic E-state index is 0.313. The van der Waals surface area contributed by atoms with Crippen LogP contribution in [0.5, 0.6) is 5.75 Å². The Morgan fingerprint density at radius 2 is 1.86 bits per heavy atom. The summed E-state index contributed by atoms with van der Waals surface area (Å²) in [4.78, 5) is 2.49. The van der Waals surface area contributed by atoms with E-state index in [1.807, 2.05) is 0 Å². The average molecular weight is 290 g/mol. The zero-order valence-corrected chi connectivity index (χ0v) is 13.6. The number of benzene rings is 1. The van der Waals surface area contributed by atoms with Crippen LogP contribution in [0.1, 0.15) is 57.1 Å². The Labute approximate surface area is 129 Å². The van der Waals surface area contributed by atoms with Crippen molar-refractivity contribution in [1.29, 1.82) is 0 Å². The second-order valence-corrected chi connectivity index (χ2v) is 6.13. The molecule has 2 rings (SSSR count). The molecule has 1 atom stereocenters. The molecule has 0 bridgehead atoms. The van der Waals surface area contributed by atoms with Gasteiger partial charge in [-0.15, -0.1) is 0 Å². The first-order valence-corrected chi connectivity index (χ1v) is 8.41. The summed E-state index contributed by atoms with van der Waals surface area (Å²) >= 11 is 0. The maximum absolute atomic E-state index is 6.06. The van der Waals surface area contributed by atoms with E-state index in [9.17, 15) is 0 Å². The largest absolute Gasteiger partial charge is 0.494 e. The van der Waals surface area contributed by atoms with Crippen LogP contribution < -0.4 is 10.5 Å². The van der Waals surface area contributed by atoms with Crippen molar-refractivity contribution >= 4 is 0 Å². The Morgan fingerprint density at radius 3 is 2.43 bits per heavy atom. The van der Waals surface area contributed by atoms with Gasteiger partial charge in [-0.1, -0.05) is 38.3 Å². The quantitative estimate of drug-likeness (QED) is 0.831. The summed E-state index contributed by atoms with van der Waals surface area (Å²) in [5, 5.41) is 0. The van der Waals surface area contributed by atoms with Gasteiger partial charge >= 0.3 is 0 Å². The molecule has 1 fully saturated rings. The molecule has 0 saturated heterocycles. The third kappa shape index (κ3) is 4.45. The van der Waals surface area contributed by atoms with Crippen molar-refractivity contribution in [2.24, 2.45) is 5.73 Å². The third-order valence-corrected chi connectivity index (χ3v) is 4.60. The lowest BCUT2D eigenvalue weighted by atomic mass is 9.92. The fourth-order valence-corrected chi connectivity index (χ4v) is 3.29. The maximum Gasteiger partial charge on any atom is 0.119 e. The van der Waals surface area contributed by atoms with Gasteiger partial charge in [0.05, 0.1) is 6.61 Å².